The Bertz CT molecular complexity index is 207. The third-order valence-corrected chi connectivity index (χ3v) is 3.40. The predicted octanol–water partition coefficient (Wildman–Crippen LogP) is 1.91. The molecule has 6 fully saturated rings. The molecule has 0 spiro atoms. The Hall–Kier alpha value is 0.150. The molecule has 6 saturated heterocycles. The van der Waals surface area contributed by atoms with E-state index in [1.807, 2.05) is 11.8 Å². The van der Waals surface area contributed by atoms with Gasteiger partial charge in [0, 0.05) is 37.8 Å². The van der Waals surface area contributed by atoms with E-state index in [1.54, 1.807) is 0 Å². The smallest absolute Gasteiger partial charge is 0.0781 e. The van der Waals surface area contributed by atoms with Crippen molar-refractivity contribution in [1.82, 2.24) is 10.6 Å². The summed E-state index contributed by atoms with van der Waals surface area (Å²) in [5.74, 6) is 2.83. The maximum Gasteiger partial charge on any atom is 0.0781 e. The van der Waals surface area contributed by atoms with E-state index < -0.39 is 0 Å². The van der Waals surface area contributed by atoms with E-state index in [0.29, 0.717) is 12.2 Å². The molecule has 0 aromatic rings. The maximum absolute atomic E-state index is 4.94. The van der Waals surface area contributed by atoms with Crippen LogP contribution in [0.15, 0.2) is 0 Å². The van der Waals surface area contributed by atoms with Crippen LogP contribution in [0, 0.1) is 0 Å². The van der Waals surface area contributed by atoms with E-state index >= 15 is 0 Å². The first-order chi connectivity index (χ1) is 11.3. The van der Waals surface area contributed by atoms with E-state index in [-0.39, 0.29) is 0 Å². The molecule has 6 aliphatic heterocycles. The van der Waals surface area contributed by atoms with Gasteiger partial charge in [-0.1, -0.05) is 0 Å². The Kier molecular flexibility index (Phi) is 14.4. The topological polar surface area (TPSA) is 68.3 Å². The van der Waals surface area contributed by atoms with Crippen molar-refractivity contribution in [3.63, 3.8) is 0 Å². The van der Waals surface area contributed by atoms with E-state index in [2.05, 4.69) is 24.5 Å². The first-order valence-electron chi connectivity index (χ1n) is 9.09. The van der Waals surface area contributed by atoms with Gasteiger partial charge in [0.15, 0.2) is 0 Å². The molecule has 2 atom stereocenters. The second kappa shape index (κ2) is 15.7. The first-order valence-corrected chi connectivity index (χ1v) is 10.2. The number of ether oxygens (including phenoxy) is 3. The minimum Gasteiger partial charge on any atom is -0.381 e. The average Bonchev–Trinajstić information content (AvgIpc) is 3.36. The van der Waals surface area contributed by atoms with Crippen molar-refractivity contribution >= 4 is 11.8 Å². The lowest BCUT2D eigenvalue weighted by Crippen LogP contribution is -2.29. The predicted molar refractivity (Wildman–Crippen MR) is 98.6 cm³/mol. The van der Waals surface area contributed by atoms with Gasteiger partial charge in [0.25, 0.3) is 0 Å². The number of rotatable bonds is 0. The van der Waals surface area contributed by atoms with Gasteiger partial charge < -0.3 is 24.8 Å². The van der Waals surface area contributed by atoms with Gasteiger partial charge in [-0.15, -0.1) is 0 Å². The fraction of sp³-hybridized carbons (Fsp3) is 1.00. The summed E-state index contributed by atoms with van der Waals surface area (Å²) in [7, 11) is 0. The van der Waals surface area contributed by atoms with Gasteiger partial charge in [0.2, 0.25) is 0 Å². The highest BCUT2D eigenvalue weighted by molar-refractivity contribution is 8.06. The van der Waals surface area contributed by atoms with Crippen LogP contribution >= 0.6 is 11.8 Å². The van der Waals surface area contributed by atoms with Gasteiger partial charge >= 0.3 is 0 Å². The minimum atomic E-state index is 0.583. The SMILES string of the molecule is C1CCOC1.C1CN1.C1CNC1.C1CS1.CC1CO1.CC1CO1. The lowest BCUT2D eigenvalue weighted by molar-refractivity contribution is 0.198. The van der Waals surface area contributed by atoms with Gasteiger partial charge in [-0.25, -0.2) is 0 Å². The molecular formula is C17H36N2O3S. The standard InChI is InChI=1S/C4H8O.C3H7N.2C3H6O.C2H5N.C2H4S/c1-2-4-5-3-1;1-2-4-3-1;2*1-3-2-4-3;2*1-2-3-1/h1-4H2;4H,1-3H2;2*3H,2H2,1H3;3H,1-2H2;1-2H2. The largest absolute Gasteiger partial charge is 0.381 e. The molecule has 6 heteroatoms. The molecule has 0 bridgehead atoms. The second-order valence-corrected chi connectivity index (χ2v) is 7.30. The van der Waals surface area contributed by atoms with E-state index in [1.165, 1.54) is 56.9 Å². The maximum atomic E-state index is 4.94. The molecule has 2 N–H and O–H groups in total. The van der Waals surface area contributed by atoms with Crippen LogP contribution in [0.4, 0.5) is 0 Å². The molecule has 6 rings (SSSR count). The van der Waals surface area contributed by atoms with Gasteiger partial charge in [-0.05, 0) is 46.2 Å². The molecule has 6 aliphatic rings. The first kappa shape index (κ1) is 21.2. The minimum absolute atomic E-state index is 0.583. The molecule has 23 heavy (non-hydrogen) atoms. The van der Waals surface area contributed by atoms with Crippen LogP contribution in [-0.2, 0) is 14.2 Å². The highest BCUT2D eigenvalue weighted by Crippen LogP contribution is 2.14. The summed E-state index contributed by atoms with van der Waals surface area (Å²) in [4.78, 5) is 0. The van der Waals surface area contributed by atoms with E-state index in [0.717, 1.165) is 26.4 Å². The van der Waals surface area contributed by atoms with Gasteiger partial charge in [-0.3, -0.25) is 0 Å². The Balaban J connectivity index is 0.000000139. The summed E-state index contributed by atoms with van der Waals surface area (Å²) < 4.78 is 14.4. The lowest BCUT2D eigenvalue weighted by Gasteiger charge is -2.09. The van der Waals surface area contributed by atoms with Crippen LogP contribution < -0.4 is 10.6 Å². The third-order valence-electron chi connectivity index (χ3n) is 2.99. The summed E-state index contributed by atoms with van der Waals surface area (Å²) in [5, 5.41) is 6.11. The third kappa shape index (κ3) is 30.6. The number of hydrogen-bond acceptors (Lipinski definition) is 6. The van der Waals surface area contributed by atoms with Gasteiger partial charge in [0.05, 0.1) is 25.4 Å². The van der Waals surface area contributed by atoms with Gasteiger partial charge in [0.1, 0.15) is 0 Å². The van der Waals surface area contributed by atoms with Crippen LogP contribution in [0.2, 0.25) is 0 Å². The lowest BCUT2D eigenvalue weighted by atomic mass is 10.3. The highest BCUT2D eigenvalue weighted by Gasteiger charge is 2.13. The quantitative estimate of drug-likeness (QED) is 0.652. The molecule has 6 heterocycles. The molecule has 0 aliphatic carbocycles. The number of thioether (sulfide) groups is 1. The van der Waals surface area contributed by atoms with Crippen LogP contribution in [0.5, 0.6) is 0 Å². The Labute approximate surface area is 146 Å². The summed E-state index contributed by atoms with van der Waals surface area (Å²) in [6.07, 6.45) is 5.11. The van der Waals surface area contributed by atoms with Gasteiger partial charge in [-0.2, -0.15) is 11.8 Å². The molecule has 0 aromatic carbocycles. The van der Waals surface area contributed by atoms with Crippen molar-refractivity contribution in [1.29, 1.82) is 0 Å². The summed E-state index contributed by atoms with van der Waals surface area (Å²) in [5.41, 5.74) is 0. The molecule has 0 radical (unpaired) electrons. The van der Waals surface area contributed by atoms with Crippen LogP contribution in [-0.4, -0.2) is 76.3 Å². The fourth-order valence-electron chi connectivity index (χ4n) is 0.880. The van der Waals surface area contributed by atoms with E-state index in [4.69, 9.17) is 14.2 Å². The highest BCUT2D eigenvalue weighted by atomic mass is 32.2. The Morgan fingerprint density at radius 3 is 1.09 bits per heavy atom. The van der Waals surface area contributed by atoms with Crippen LogP contribution in [0.3, 0.4) is 0 Å². The fourth-order valence-corrected chi connectivity index (χ4v) is 0.880. The molecule has 0 aromatic heterocycles. The molecule has 2 unspecified atom stereocenters. The average molecular weight is 349 g/mol. The molecule has 5 nitrogen and oxygen atoms in total. The monoisotopic (exact) mass is 348 g/mol. The van der Waals surface area contributed by atoms with Crippen molar-refractivity contribution in [3.05, 3.63) is 0 Å². The Morgan fingerprint density at radius 2 is 1.04 bits per heavy atom. The summed E-state index contributed by atoms with van der Waals surface area (Å²) >= 11 is 2.00. The molecular weight excluding hydrogens is 312 g/mol. The normalized spacial score (nSPS) is 29.5. The molecule has 0 amide bonds. The number of epoxide rings is 2. The summed E-state index contributed by atoms with van der Waals surface area (Å²) in [6.45, 7) is 13.1. The molecule has 0 saturated carbocycles. The Morgan fingerprint density at radius 1 is 0.739 bits per heavy atom. The summed E-state index contributed by atoms with van der Waals surface area (Å²) in [6, 6.07) is 0. The van der Waals surface area contributed by atoms with Crippen molar-refractivity contribution in [2.45, 2.75) is 45.3 Å². The van der Waals surface area contributed by atoms with Crippen molar-refractivity contribution in [2.24, 2.45) is 0 Å². The van der Waals surface area contributed by atoms with E-state index in [9.17, 15) is 0 Å². The van der Waals surface area contributed by atoms with Crippen LogP contribution in [0.25, 0.3) is 0 Å². The van der Waals surface area contributed by atoms with Crippen LogP contribution in [0.1, 0.15) is 33.1 Å². The number of hydrogen-bond donors (Lipinski definition) is 2. The van der Waals surface area contributed by atoms with Crippen molar-refractivity contribution in [2.75, 3.05) is 64.1 Å². The second-order valence-electron chi connectivity index (χ2n) is 6.07. The zero-order chi connectivity index (χ0) is 16.6. The zero-order valence-electron chi connectivity index (χ0n) is 15.0. The van der Waals surface area contributed by atoms with Crippen molar-refractivity contribution < 1.29 is 14.2 Å². The zero-order valence-corrected chi connectivity index (χ0v) is 15.8. The van der Waals surface area contributed by atoms with Crippen molar-refractivity contribution in [3.8, 4) is 0 Å². The number of nitrogens with one attached hydrogen (secondary N) is 2. The molecule has 138 valence electrons.